The molecule has 2 saturated heterocycles. The van der Waals surface area contributed by atoms with Crippen LogP contribution in [0.1, 0.15) is 22.5 Å². The maximum absolute atomic E-state index is 9.62. The summed E-state index contributed by atoms with van der Waals surface area (Å²) in [5.74, 6) is 3.03. The van der Waals surface area contributed by atoms with Crippen LogP contribution in [0.25, 0.3) is 0 Å². The Morgan fingerprint density at radius 3 is 2.63 bits per heavy atom. The molecule has 138 valence electrons. The largest absolute Gasteiger partial charge is 0.376 e. The van der Waals surface area contributed by atoms with Gasteiger partial charge in [0.25, 0.3) is 0 Å². The molecule has 2 unspecified atom stereocenters. The van der Waals surface area contributed by atoms with E-state index in [0.29, 0.717) is 30.6 Å². The van der Waals surface area contributed by atoms with Crippen LogP contribution in [0.3, 0.4) is 0 Å². The van der Waals surface area contributed by atoms with Crippen molar-refractivity contribution in [1.82, 2.24) is 15.0 Å². The Labute approximate surface area is 158 Å². The van der Waals surface area contributed by atoms with Crippen molar-refractivity contribution in [3.05, 3.63) is 41.0 Å². The van der Waals surface area contributed by atoms with Crippen LogP contribution in [-0.2, 0) is 17.8 Å². The van der Waals surface area contributed by atoms with Crippen LogP contribution in [0, 0.1) is 30.1 Å². The van der Waals surface area contributed by atoms with Crippen molar-refractivity contribution in [1.29, 1.82) is 5.26 Å². The van der Waals surface area contributed by atoms with Gasteiger partial charge in [0.1, 0.15) is 24.0 Å². The predicted octanol–water partition coefficient (Wildman–Crippen LogP) is 1.70. The maximum Gasteiger partial charge on any atom is 0.146 e. The number of ether oxygens (including phenoxy) is 1. The van der Waals surface area contributed by atoms with Crippen molar-refractivity contribution in [2.45, 2.75) is 20.0 Å². The van der Waals surface area contributed by atoms with Gasteiger partial charge in [-0.2, -0.15) is 5.26 Å². The number of rotatable bonds is 2. The first-order valence-electron chi connectivity index (χ1n) is 9.50. The Morgan fingerprint density at radius 2 is 1.89 bits per heavy atom. The number of aromatic nitrogens is 3. The van der Waals surface area contributed by atoms with Gasteiger partial charge in [0, 0.05) is 61.8 Å². The Balaban J connectivity index is 1.35. The van der Waals surface area contributed by atoms with Gasteiger partial charge in [-0.15, -0.1) is 0 Å². The minimum absolute atomic E-state index is 0.565. The molecule has 2 aromatic rings. The maximum atomic E-state index is 9.62. The second kappa shape index (κ2) is 6.46. The van der Waals surface area contributed by atoms with Gasteiger partial charge >= 0.3 is 0 Å². The zero-order valence-corrected chi connectivity index (χ0v) is 15.4. The molecular weight excluding hydrogens is 340 g/mol. The first-order valence-corrected chi connectivity index (χ1v) is 9.50. The van der Waals surface area contributed by atoms with Gasteiger partial charge in [-0.05, 0) is 13.0 Å². The van der Waals surface area contributed by atoms with E-state index in [1.54, 1.807) is 6.33 Å². The summed E-state index contributed by atoms with van der Waals surface area (Å²) in [4.78, 5) is 18.2. The fourth-order valence-electron chi connectivity index (χ4n) is 4.56. The highest BCUT2D eigenvalue weighted by Crippen LogP contribution is 2.36. The quantitative estimate of drug-likeness (QED) is 0.804. The molecule has 5 rings (SSSR count). The summed E-state index contributed by atoms with van der Waals surface area (Å²) in [5.41, 5.74) is 3.82. The van der Waals surface area contributed by atoms with Crippen LogP contribution in [0.2, 0.25) is 0 Å². The van der Waals surface area contributed by atoms with Gasteiger partial charge in [-0.1, -0.05) is 0 Å². The van der Waals surface area contributed by atoms with Gasteiger partial charge in [-0.3, -0.25) is 0 Å². The average Bonchev–Trinajstić information content (AvgIpc) is 3.26. The third-order valence-electron chi connectivity index (χ3n) is 5.93. The molecule has 2 atom stereocenters. The van der Waals surface area contributed by atoms with E-state index in [2.05, 4.69) is 31.9 Å². The molecule has 2 fully saturated rings. The molecule has 0 spiro atoms. The van der Waals surface area contributed by atoms with Crippen molar-refractivity contribution < 1.29 is 4.74 Å². The summed E-state index contributed by atoms with van der Waals surface area (Å²) in [6.45, 7) is 7.17. The van der Waals surface area contributed by atoms with Crippen LogP contribution < -0.4 is 9.80 Å². The second-order valence-corrected chi connectivity index (χ2v) is 7.73. The van der Waals surface area contributed by atoms with Crippen LogP contribution in [0.5, 0.6) is 0 Å². The average molecular weight is 362 g/mol. The summed E-state index contributed by atoms with van der Waals surface area (Å²) >= 11 is 0. The molecule has 0 aliphatic carbocycles. The zero-order valence-electron chi connectivity index (χ0n) is 15.4. The molecule has 7 nitrogen and oxygen atoms in total. The van der Waals surface area contributed by atoms with Gasteiger partial charge in [-0.25, -0.2) is 15.0 Å². The lowest BCUT2D eigenvalue weighted by Gasteiger charge is -2.25. The summed E-state index contributed by atoms with van der Waals surface area (Å²) in [6, 6.07) is 6.37. The molecule has 5 heterocycles. The number of pyridine rings is 1. The van der Waals surface area contributed by atoms with E-state index in [-0.39, 0.29) is 0 Å². The van der Waals surface area contributed by atoms with Crippen LogP contribution in [0.4, 0.5) is 11.6 Å². The van der Waals surface area contributed by atoms with E-state index >= 15 is 0 Å². The van der Waals surface area contributed by atoms with Crippen LogP contribution in [-0.4, -0.2) is 47.7 Å². The van der Waals surface area contributed by atoms with E-state index in [1.807, 2.05) is 13.0 Å². The minimum atomic E-state index is 0.565. The number of nitriles is 1. The first-order chi connectivity index (χ1) is 13.2. The lowest BCUT2D eigenvalue weighted by Crippen LogP contribution is -2.30. The van der Waals surface area contributed by atoms with E-state index in [4.69, 9.17) is 9.72 Å². The van der Waals surface area contributed by atoms with E-state index in [9.17, 15) is 5.26 Å². The Bertz CT molecular complexity index is 909. The van der Waals surface area contributed by atoms with Crippen LogP contribution in [0.15, 0.2) is 18.5 Å². The summed E-state index contributed by atoms with van der Waals surface area (Å²) in [5, 5.41) is 9.62. The topological polar surface area (TPSA) is 78.2 Å². The smallest absolute Gasteiger partial charge is 0.146 e. The fraction of sp³-hybridized carbons (Fsp3) is 0.500. The molecule has 0 saturated carbocycles. The molecule has 0 radical (unpaired) electrons. The number of anilines is 2. The van der Waals surface area contributed by atoms with Gasteiger partial charge in [0.2, 0.25) is 0 Å². The SMILES string of the molecule is Cc1cc(N2CC3CN(c4nc5c(cc4C#N)COCC5)CC3C2)ncn1. The first kappa shape index (κ1) is 16.5. The predicted molar refractivity (Wildman–Crippen MR) is 100 cm³/mol. The number of hydrogen-bond acceptors (Lipinski definition) is 7. The number of hydrogen-bond donors (Lipinski definition) is 0. The van der Waals surface area contributed by atoms with E-state index in [0.717, 1.165) is 61.2 Å². The zero-order chi connectivity index (χ0) is 18.4. The lowest BCUT2D eigenvalue weighted by atomic mass is 10.0. The fourth-order valence-corrected chi connectivity index (χ4v) is 4.56. The van der Waals surface area contributed by atoms with Crippen molar-refractivity contribution in [2.75, 3.05) is 42.6 Å². The molecule has 7 heteroatoms. The third kappa shape index (κ3) is 2.90. The molecule has 0 bridgehead atoms. The normalized spacial score (nSPS) is 23.9. The third-order valence-corrected chi connectivity index (χ3v) is 5.93. The van der Waals surface area contributed by atoms with Crippen LogP contribution >= 0.6 is 0 Å². The standard InChI is InChI=1S/C20H22N6O/c1-13-4-19(23-12-22-13)25-7-16-9-26(10-17(16)8-25)20-14(6-21)5-15-11-27-3-2-18(15)24-20/h4-5,12,16-17H,2-3,7-11H2,1H3. The highest BCUT2D eigenvalue weighted by Gasteiger charge is 2.41. The Kier molecular flexibility index (Phi) is 3.94. The molecule has 3 aliphatic rings. The number of aryl methyl sites for hydroxylation is 1. The van der Waals surface area contributed by atoms with E-state index in [1.165, 1.54) is 0 Å². The lowest BCUT2D eigenvalue weighted by molar-refractivity contribution is 0.109. The van der Waals surface area contributed by atoms with Crippen molar-refractivity contribution >= 4 is 11.6 Å². The summed E-state index contributed by atoms with van der Waals surface area (Å²) in [6.07, 6.45) is 2.47. The molecule has 0 amide bonds. The van der Waals surface area contributed by atoms with Gasteiger partial charge < -0.3 is 14.5 Å². The molecule has 0 N–H and O–H groups in total. The monoisotopic (exact) mass is 362 g/mol. The molecular formula is C20H22N6O. The highest BCUT2D eigenvalue weighted by atomic mass is 16.5. The number of nitrogens with zero attached hydrogens (tertiary/aromatic N) is 6. The molecule has 27 heavy (non-hydrogen) atoms. The van der Waals surface area contributed by atoms with E-state index < -0.39 is 0 Å². The Morgan fingerprint density at radius 1 is 1.11 bits per heavy atom. The Hall–Kier alpha value is -2.72. The summed E-state index contributed by atoms with van der Waals surface area (Å²) in [7, 11) is 0. The number of fused-ring (bicyclic) bond motifs is 2. The molecule has 0 aromatic carbocycles. The highest BCUT2D eigenvalue weighted by molar-refractivity contribution is 5.57. The molecule has 2 aromatic heterocycles. The minimum Gasteiger partial charge on any atom is -0.376 e. The van der Waals surface area contributed by atoms with Gasteiger partial charge in [0.05, 0.1) is 24.5 Å². The summed E-state index contributed by atoms with van der Waals surface area (Å²) < 4.78 is 5.50. The van der Waals surface area contributed by atoms with Crippen molar-refractivity contribution in [2.24, 2.45) is 11.8 Å². The van der Waals surface area contributed by atoms with Gasteiger partial charge in [0.15, 0.2) is 0 Å². The molecule has 3 aliphatic heterocycles. The van der Waals surface area contributed by atoms with Crippen molar-refractivity contribution in [3.63, 3.8) is 0 Å². The van der Waals surface area contributed by atoms with Crippen molar-refractivity contribution in [3.8, 4) is 6.07 Å². The second-order valence-electron chi connectivity index (χ2n) is 7.73.